The number of methoxy groups -OCH3 is 1. The number of rotatable bonds is 8. The second-order valence-electron chi connectivity index (χ2n) is 5.97. The molecule has 148 valence electrons. The second kappa shape index (κ2) is 9.66. The number of hydrogen-bond acceptors (Lipinski definition) is 5. The van der Waals surface area contributed by atoms with Crippen molar-refractivity contribution in [1.29, 1.82) is 0 Å². The molecule has 1 aliphatic rings. The van der Waals surface area contributed by atoms with Crippen LogP contribution in [0.1, 0.15) is 25.8 Å². The van der Waals surface area contributed by atoms with Crippen LogP contribution in [0.5, 0.6) is 0 Å². The maximum absolute atomic E-state index is 12.6. The number of nitrogens with zero attached hydrogens (tertiary/aromatic N) is 2. The normalized spacial score (nSPS) is 14.9. The molecular formula is C17H28ClN3O4S. The second-order valence-corrected chi connectivity index (χ2v) is 7.91. The van der Waals surface area contributed by atoms with Gasteiger partial charge in [0.15, 0.2) is 0 Å². The Labute approximate surface area is 161 Å². The summed E-state index contributed by atoms with van der Waals surface area (Å²) in [6.07, 6.45) is 0.549. The van der Waals surface area contributed by atoms with E-state index in [2.05, 4.69) is 0 Å². The molecule has 0 bridgehead atoms. The summed E-state index contributed by atoms with van der Waals surface area (Å²) in [5.74, 6) is -0.0598. The van der Waals surface area contributed by atoms with E-state index < -0.39 is 10.0 Å². The molecule has 0 saturated carbocycles. The van der Waals surface area contributed by atoms with Crippen LogP contribution in [0.4, 0.5) is 5.69 Å². The molecule has 1 unspecified atom stereocenters. The van der Waals surface area contributed by atoms with Crippen LogP contribution < -0.4 is 10.6 Å². The van der Waals surface area contributed by atoms with E-state index in [1.807, 2.05) is 13.8 Å². The zero-order chi connectivity index (χ0) is 18.6. The molecule has 1 aliphatic heterocycles. The van der Waals surface area contributed by atoms with Crippen LogP contribution in [0.25, 0.3) is 0 Å². The number of carbonyl (C=O) groups excluding carboxylic acids is 1. The smallest absolute Gasteiger partial charge is 0.243 e. The molecule has 26 heavy (non-hydrogen) atoms. The van der Waals surface area contributed by atoms with E-state index in [-0.39, 0.29) is 42.3 Å². The highest BCUT2D eigenvalue weighted by atomic mass is 35.5. The van der Waals surface area contributed by atoms with Gasteiger partial charge in [-0.15, -0.1) is 12.4 Å². The van der Waals surface area contributed by atoms with Crippen LogP contribution in [0, 0.1) is 0 Å². The van der Waals surface area contributed by atoms with Crippen molar-refractivity contribution in [3.63, 3.8) is 0 Å². The number of ether oxygens (including phenoxy) is 1. The Morgan fingerprint density at radius 3 is 2.54 bits per heavy atom. The number of carbonyl (C=O) groups is 1. The molecule has 1 amide bonds. The van der Waals surface area contributed by atoms with Crippen molar-refractivity contribution in [1.82, 2.24) is 4.31 Å². The average molecular weight is 406 g/mol. The Bertz CT molecular complexity index is 719. The summed E-state index contributed by atoms with van der Waals surface area (Å²) in [5, 5.41) is 0. The number of anilines is 1. The molecule has 2 N–H and O–H groups in total. The fourth-order valence-electron chi connectivity index (χ4n) is 3.08. The number of halogens is 1. The molecule has 0 radical (unpaired) electrons. The first-order valence-electron chi connectivity index (χ1n) is 8.55. The molecule has 1 atom stereocenters. The van der Waals surface area contributed by atoms with Crippen molar-refractivity contribution in [2.45, 2.75) is 37.7 Å². The summed E-state index contributed by atoms with van der Waals surface area (Å²) >= 11 is 0. The lowest BCUT2D eigenvalue weighted by molar-refractivity contribution is -0.120. The SMILES string of the molecule is CCN(CC)S(=O)(=O)c1ccc2c(c1)CCN2C(=O)CC(CN)OC.Cl. The zero-order valence-corrected chi connectivity index (χ0v) is 17.1. The van der Waals surface area contributed by atoms with Gasteiger partial charge in [0, 0.05) is 39.0 Å². The molecule has 2 rings (SSSR count). The van der Waals surface area contributed by atoms with Gasteiger partial charge in [0.05, 0.1) is 17.4 Å². The lowest BCUT2D eigenvalue weighted by Crippen LogP contribution is -2.35. The van der Waals surface area contributed by atoms with Crippen molar-refractivity contribution in [2.75, 3.05) is 38.2 Å². The molecule has 1 aromatic rings. The quantitative estimate of drug-likeness (QED) is 0.705. The third-order valence-corrected chi connectivity index (χ3v) is 6.64. The maximum atomic E-state index is 12.6. The third kappa shape index (κ3) is 4.55. The Morgan fingerprint density at radius 2 is 2.00 bits per heavy atom. The van der Waals surface area contributed by atoms with E-state index in [1.165, 1.54) is 11.4 Å². The van der Waals surface area contributed by atoms with Crippen molar-refractivity contribution < 1.29 is 17.9 Å². The summed E-state index contributed by atoms with van der Waals surface area (Å²) in [7, 11) is -1.96. The first kappa shape index (κ1) is 22.9. The fourth-order valence-corrected chi connectivity index (χ4v) is 4.59. The van der Waals surface area contributed by atoms with Crippen LogP contribution in [0.3, 0.4) is 0 Å². The maximum Gasteiger partial charge on any atom is 0.243 e. The summed E-state index contributed by atoms with van der Waals surface area (Å²) in [6, 6.07) is 4.99. The van der Waals surface area contributed by atoms with Gasteiger partial charge in [-0.3, -0.25) is 4.79 Å². The van der Waals surface area contributed by atoms with E-state index in [9.17, 15) is 13.2 Å². The Morgan fingerprint density at radius 1 is 1.35 bits per heavy atom. The van der Waals surface area contributed by atoms with Gasteiger partial charge >= 0.3 is 0 Å². The van der Waals surface area contributed by atoms with Crippen LogP contribution in [-0.2, 0) is 26.0 Å². The van der Waals surface area contributed by atoms with Gasteiger partial charge in [0.25, 0.3) is 0 Å². The Balaban J connectivity index is 0.00000338. The highest BCUT2D eigenvalue weighted by molar-refractivity contribution is 7.89. The number of fused-ring (bicyclic) bond motifs is 1. The predicted molar refractivity (Wildman–Crippen MR) is 104 cm³/mol. The van der Waals surface area contributed by atoms with Crippen molar-refractivity contribution in [3.8, 4) is 0 Å². The molecule has 7 nitrogen and oxygen atoms in total. The number of nitrogens with two attached hydrogens (primary N) is 1. The molecule has 0 spiro atoms. The molecule has 0 fully saturated rings. The molecule has 1 heterocycles. The predicted octanol–water partition coefficient (Wildman–Crippen LogP) is 1.39. The van der Waals surface area contributed by atoms with E-state index >= 15 is 0 Å². The summed E-state index contributed by atoms with van der Waals surface area (Å²) in [5.41, 5.74) is 7.23. The largest absolute Gasteiger partial charge is 0.380 e. The fraction of sp³-hybridized carbons (Fsp3) is 0.588. The van der Waals surface area contributed by atoms with Gasteiger partial charge in [-0.2, -0.15) is 4.31 Å². The summed E-state index contributed by atoms with van der Waals surface area (Å²) < 4.78 is 31.9. The minimum Gasteiger partial charge on any atom is -0.380 e. The van der Waals surface area contributed by atoms with Gasteiger partial charge < -0.3 is 15.4 Å². The number of amides is 1. The standard InChI is InChI=1S/C17H27N3O4S.ClH/c1-4-19(5-2)25(22,23)15-6-7-16-13(10-15)8-9-20(16)17(21)11-14(12-18)24-3;/h6-7,10,14H,4-5,8-9,11-12,18H2,1-3H3;1H. The highest BCUT2D eigenvalue weighted by Crippen LogP contribution is 2.31. The number of benzene rings is 1. The Kier molecular flexibility index (Phi) is 8.49. The molecule has 0 aliphatic carbocycles. The lowest BCUT2D eigenvalue weighted by Gasteiger charge is -2.21. The number of hydrogen-bond donors (Lipinski definition) is 1. The van der Waals surface area contributed by atoms with Gasteiger partial charge in [-0.1, -0.05) is 13.8 Å². The minimum atomic E-state index is -3.49. The van der Waals surface area contributed by atoms with Crippen LogP contribution >= 0.6 is 12.4 Å². The van der Waals surface area contributed by atoms with Crippen molar-refractivity contribution >= 4 is 34.0 Å². The van der Waals surface area contributed by atoms with Gasteiger partial charge in [0.1, 0.15) is 0 Å². The van der Waals surface area contributed by atoms with Crippen LogP contribution in [0.2, 0.25) is 0 Å². The van der Waals surface area contributed by atoms with E-state index in [4.69, 9.17) is 10.5 Å². The first-order chi connectivity index (χ1) is 11.9. The zero-order valence-electron chi connectivity index (χ0n) is 15.5. The van der Waals surface area contributed by atoms with E-state index in [0.717, 1.165) is 11.3 Å². The van der Waals surface area contributed by atoms with Crippen LogP contribution in [-0.4, -0.2) is 58.0 Å². The topological polar surface area (TPSA) is 92.9 Å². The average Bonchev–Trinajstić information content (AvgIpc) is 3.03. The van der Waals surface area contributed by atoms with Crippen molar-refractivity contribution in [2.24, 2.45) is 5.73 Å². The van der Waals surface area contributed by atoms with E-state index in [1.54, 1.807) is 23.1 Å². The lowest BCUT2D eigenvalue weighted by atomic mass is 10.1. The first-order valence-corrected chi connectivity index (χ1v) is 9.99. The van der Waals surface area contributed by atoms with Crippen LogP contribution in [0.15, 0.2) is 23.1 Å². The summed E-state index contributed by atoms with van der Waals surface area (Å²) in [4.78, 5) is 14.4. The Hall–Kier alpha value is -1.19. The van der Waals surface area contributed by atoms with Gasteiger partial charge in [-0.25, -0.2) is 8.42 Å². The highest BCUT2D eigenvalue weighted by Gasteiger charge is 2.29. The minimum absolute atomic E-state index is 0. The van der Waals surface area contributed by atoms with Crippen molar-refractivity contribution in [3.05, 3.63) is 23.8 Å². The number of sulfonamides is 1. The third-order valence-electron chi connectivity index (χ3n) is 4.59. The van der Waals surface area contributed by atoms with E-state index in [0.29, 0.717) is 26.1 Å². The summed E-state index contributed by atoms with van der Waals surface area (Å²) in [6.45, 7) is 5.32. The van der Waals surface area contributed by atoms with Gasteiger partial charge in [-0.05, 0) is 30.2 Å². The molecule has 1 aromatic carbocycles. The molecule has 9 heteroatoms. The van der Waals surface area contributed by atoms with Gasteiger partial charge in [0.2, 0.25) is 15.9 Å². The molecular weight excluding hydrogens is 378 g/mol. The monoisotopic (exact) mass is 405 g/mol. The molecule has 0 saturated heterocycles. The molecule has 0 aromatic heterocycles.